The van der Waals surface area contributed by atoms with Crippen molar-refractivity contribution in [1.29, 1.82) is 0 Å². The van der Waals surface area contributed by atoms with E-state index in [2.05, 4.69) is 10.3 Å². The molecule has 1 fully saturated rings. The van der Waals surface area contributed by atoms with Crippen LogP contribution in [0.15, 0.2) is 53.9 Å². The van der Waals surface area contributed by atoms with Crippen LogP contribution in [-0.2, 0) is 22.6 Å². The molecule has 1 aliphatic heterocycles. The summed E-state index contributed by atoms with van der Waals surface area (Å²) in [6.07, 6.45) is 1.62. The number of likely N-dealkylation sites (tertiary alicyclic amines) is 1. The quantitative estimate of drug-likeness (QED) is 0.530. The molecule has 0 aliphatic carbocycles. The number of rotatable bonds is 8. The predicted octanol–water partition coefficient (Wildman–Crippen LogP) is 3.92. The summed E-state index contributed by atoms with van der Waals surface area (Å²) in [5.74, 6) is 1.37. The van der Waals surface area contributed by atoms with E-state index in [9.17, 15) is 9.59 Å². The summed E-state index contributed by atoms with van der Waals surface area (Å²) in [5, 5.41) is 5.77. The van der Waals surface area contributed by atoms with Crippen molar-refractivity contribution in [2.24, 2.45) is 5.92 Å². The Morgan fingerprint density at radius 1 is 1.06 bits per heavy atom. The number of hydrogen-bond donors (Lipinski definition) is 1. The van der Waals surface area contributed by atoms with Crippen molar-refractivity contribution in [1.82, 2.24) is 15.2 Å². The van der Waals surface area contributed by atoms with E-state index in [0.717, 1.165) is 21.8 Å². The molecular weight excluding hydrogens is 450 g/mol. The van der Waals surface area contributed by atoms with Gasteiger partial charge in [-0.1, -0.05) is 30.3 Å². The van der Waals surface area contributed by atoms with Gasteiger partial charge < -0.3 is 19.7 Å². The number of nitrogens with zero attached hydrogens (tertiary/aromatic N) is 2. The van der Waals surface area contributed by atoms with Crippen LogP contribution in [-0.4, -0.2) is 49.0 Å². The Hall–Kier alpha value is -3.39. The van der Waals surface area contributed by atoms with Crippen LogP contribution in [0.5, 0.6) is 11.5 Å². The molecule has 3 aromatic rings. The molecule has 0 unspecified atom stereocenters. The van der Waals surface area contributed by atoms with Crippen LogP contribution in [0.3, 0.4) is 0 Å². The van der Waals surface area contributed by atoms with Crippen LogP contribution >= 0.6 is 11.3 Å². The van der Waals surface area contributed by atoms with Crippen molar-refractivity contribution in [2.75, 3.05) is 27.3 Å². The molecule has 1 aromatic heterocycles. The average molecular weight is 480 g/mol. The lowest BCUT2D eigenvalue weighted by Gasteiger charge is -2.31. The molecule has 34 heavy (non-hydrogen) atoms. The number of carbonyl (C=O) groups is 2. The Morgan fingerprint density at radius 3 is 2.50 bits per heavy atom. The van der Waals surface area contributed by atoms with Gasteiger partial charge in [0.2, 0.25) is 11.8 Å². The zero-order valence-corrected chi connectivity index (χ0v) is 20.3. The third-order valence-electron chi connectivity index (χ3n) is 6.04. The van der Waals surface area contributed by atoms with Gasteiger partial charge in [0.25, 0.3) is 0 Å². The van der Waals surface area contributed by atoms with Gasteiger partial charge in [-0.15, -0.1) is 11.3 Å². The van der Waals surface area contributed by atoms with E-state index >= 15 is 0 Å². The number of piperidine rings is 1. The van der Waals surface area contributed by atoms with Crippen molar-refractivity contribution in [3.8, 4) is 22.1 Å². The number of ether oxygens (including phenoxy) is 2. The SMILES string of the molecule is COc1ccc(-c2nc(CC(=O)N3CCC(C(=O)NCc4ccccc4)CC3)cs2)cc1OC. The van der Waals surface area contributed by atoms with Gasteiger partial charge >= 0.3 is 0 Å². The van der Waals surface area contributed by atoms with Gasteiger partial charge in [0, 0.05) is 36.5 Å². The maximum absolute atomic E-state index is 12.8. The van der Waals surface area contributed by atoms with E-state index in [0.29, 0.717) is 44.0 Å². The predicted molar refractivity (Wildman–Crippen MR) is 132 cm³/mol. The summed E-state index contributed by atoms with van der Waals surface area (Å²) in [6, 6.07) is 15.5. The lowest BCUT2D eigenvalue weighted by Crippen LogP contribution is -2.43. The Bertz CT molecular complexity index is 1120. The fraction of sp³-hybridized carbons (Fsp3) is 0.346. The second-order valence-corrected chi connectivity index (χ2v) is 9.11. The third-order valence-corrected chi connectivity index (χ3v) is 6.98. The number of nitrogens with one attached hydrogen (secondary N) is 1. The van der Waals surface area contributed by atoms with E-state index in [1.807, 2.05) is 58.8 Å². The molecule has 0 saturated carbocycles. The van der Waals surface area contributed by atoms with E-state index in [1.54, 1.807) is 14.2 Å². The number of benzene rings is 2. The molecule has 1 saturated heterocycles. The third kappa shape index (κ3) is 5.75. The Balaban J connectivity index is 1.27. The number of hydrogen-bond acceptors (Lipinski definition) is 6. The molecule has 8 heteroatoms. The minimum absolute atomic E-state index is 0.0484. The highest BCUT2D eigenvalue weighted by Gasteiger charge is 2.27. The highest BCUT2D eigenvalue weighted by Crippen LogP contribution is 2.33. The molecule has 178 valence electrons. The molecule has 0 radical (unpaired) electrons. The first kappa shape index (κ1) is 23.8. The van der Waals surface area contributed by atoms with Gasteiger partial charge in [0.1, 0.15) is 5.01 Å². The van der Waals surface area contributed by atoms with Crippen molar-refractivity contribution in [3.05, 3.63) is 65.2 Å². The first-order valence-electron chi connectivity index (χ1n) is 11.3. The van der Waals surface area contributed by atoms with E-state index in [4.69, 9.17) is 9.47 Å². The van der Waals surface area contributed by atoms with Gasteiger partial charge in [0.05, 0.1) is 26.3 Å². The lowest BCUT2D eigenvalue weighted by atomic mass is 9.95. The van der Waals surface area contributed by atoms with Crippen LogP contribution in [0.1, 0.15) is 24.1 Å². The van der Waals surface area contributed by atoms with Crippen LogP contribution in [0.4, 0.5) is 0 Å². The fourth-order valence-electron chi connectivity index (χ4n) is 4.08. The molecule has 2 aromatic carbocycles. The topological polar surface area (TPSA) is 80.8 Å². The maximum atomic E-state index is 12.8. The van der Waals surface area contributed by atoms with Gasteiger partial charge in [0.15, 0.2) is 11.5 Å². The molecule has 7 nitrogen and oxygen atoms in total. The lowest BCUT2D eigenvalue weighted by molar-refractivity contribution is -0.135. The van der Waals surface area contributed by atoms with Crippen LogP contribution in [0.25, 0.3) is 10.6 Å². The van der Waals surface area contributed by atoms with Crippen LogP contribution < -0.4 is 14.8 Å². The summed E-state index contributed by atoms with van der Waals surface area (Å²) in [4.78, 5) is 31.9. The van der Waals surface area contributed by atoms with Crippen LogP contribution in [0.2, 0.25) is 0 Å². The summed E-state index contributed by atoms with van der Waals surface area (Å²) in [6.45, 7) is 1.72. The van der Waals surface area contributed by atoms with Gasteiger partial charge in [-0.25, -0.2) is 4.98 Å². The minimum atomic E-state index is -0.0521. The normalized spacial score (nSPS) is 14.0. The van der Waals surface area contributed by atoms with E-state index in [-0.39, 0.29) is 24.2 Å². The molecule has 1 aliphatic rings. The number of thiazole rings is 1. The molecule has 0 bridgehead atoms. The Kier molecular flexibility index (Phi) is 7.80. The first-order valence-corrected chi connectivity index (χ1v) is 12.2. The Morgan fingerprint density at radius 2 is 1.79 bits per heavy atom. The molecule has 2 amide bonds. The number of carbonyl (C=O) groups excluding carboxylic acids is 2. The van der Waals surface area contributed by atoms with E-state index < -0.39 is 0 Å². The summed E-state index contributed by atoms with van der Waals surface area (Å²) in [5.41, 5.74) is 2.75. The molecule has 4 rings (SSSR count). The summed E-state index contributed by atoms with van der Waals surface area (Å²) in [7, 11) is 3.20. The second kappa shape index (κ2) is 11.2. The molecule has 0 atom stereocenters. The average Bonchev–Trinajstić information content (AvgIpc) is 3.36. The number of methoxy groups -OCH3 is 2. The maximum Gasteiger partial charge on any atom is 0.228 e. The second-order valence-electron chi connectivity index (χ2n) is 8.25. The van der Waals surface area contributed by atoms with Gasteiger partial charge in [-0.2, -0.15) is 0 Å². The fourth-order valence-corrected chi connectivity index (χ4v) is 4.89. The summed E-state index contributed by atoms with van der Waals surface area (Å²) >= 11 is 1.50. The number of aromatic nitrogens is 1. The molecular formula is C26H29N3O4S. The summed E-state index contributed by atoms with van der Waals surface area (Å²) < 4.78 is 10.7. The zero-order valence-electron chi connectivity index (χ0n) is 19.5. The smallest absolute Gasteiger partial charge is 0.228 e. The molecule has 0 spiro atoms. The zero-order chi connectivity index (χ0) is 23.9. The van der Waals surface area contributed by atoms with Crippen molar-refractivity contribution in [2.45, 2.75) is 25.8 Å². The highest BCUT2D eigenvalue weighted by atomic mass is 32.1. The molecule has 2 heterocycles. The van der Waals surface area contributed by atoms with Crippen molar-refractivity contribution >= 4 is 23.2 Å². The standard InChI is InChI=1S/C26H29N3O4S/c1-32-22-9-8-20(14-23(22)33-2)26-28-21(17-34-26)15-24(30)29-12-10-19(11-13-29)25(31)27-16-18-6-4-3-5-7-18/h3-9,14,17,19H,10-13,15-16H2,1-2H3,(H,27,31). The molecule has 1 N–H and O–H groups in total. The van der Waals surface area contributed by atoms with Gasteiger partial charge in [-0.05, 0) is 36.6 Å². The largest absolute Gasteiger partial charge is 0.493 e. The van der Waals surface area contributed by atoms with Crippen molar-refractivity contribution < 1.29 is 19.1 Å². The van der Waals surface area contributed by atoms with Crippen molar-refractivity contribution in [3.63, 3.8) is 0 Å². The number of amides is 2. The monoisotopic (exact) mass is 479 g/mol. The Labute approximate surface area is 203 Å². The van der Waals surface area contributed by atoms with E-state index in [1.165, 1.54) is 11.3 Å². The minimum Gasteiger partial charge on any atom is -0.493 e. The van der Waals surface area contributed by atoms with Crippen LogP contribution in [0, 0.1) is 5.92 Å². The van der Waals surface area contributed by atoms with Gasteiger partial charge in [-0.3, -0.25) is 9.59 Å². The highest BCUT2D eigenvalue weighted by molar-refractivity contribution is 7.13. The first-order chi connectivity index (χ1) is 16.6.